The van der Waals surface area contributed by atoms with E-state index in [1.54, 1.807) is 11.0 Å². The van der Waals surface area contributed by atoms with Crippen LogP contribution in [0.15, 0.2) is 28.7 Å². The van der Waals surface area contributed by atoms with E-state index in [0.29, 0.717) is 37.8 Å². The number of furan rings is 1. The third kappa shape index (κ3) is 3.28. The van der Waals surface area contributed by atoms with E-state index in [1.807, 2.05) is 39.0 Å². The van der Waals surface area contributed by atoms with Crippen LogP contribution in [0.4, 0.5) is 0 Å². The third-order valence-corrected chi connectivity index (χ3v) is 3.99. The number of aromatic nitrogens is 1. The fourth-order valence-electron chi connectivity index (χ4n) is 2.81. The van der Waals surface area contributed by atoms with E-state index in [1.165, 1.54) is 0 Å². The predicted octanol–water partition coefficient (Wildman–Crippen LogP) is 2.90. The standard InChI is InChI=1S/C18H22N2O4/c1-4-23-17-14(7-5-12(2)19-17)18(21)20-9-10-22-11-15(20)16-8-6-13(3)24-16/h5-8,15H,4,9-11H2,1-3H3. The quantitative estimate of drug-likeness (QED) is 0.862. The fourth-order valence-corrected chi connectivity index (χ4v) is 2.81. The average Bonchev–Trinajstić information content (AvgIpc) is 3.01. The Morgan fingerprint density at radius 1 is 1.33 bits per heavy atom. The van der Waals surface area contributed by atoms with Crippen LogP contribution in [0.2, 0.25) is 0 Å². The molecule has 1 saturated heterocycles. The zero-order valence-electron chi connectivity index (χ0n) is 14.2. The number of hydrogen-bond acceptors (Lipinski definition) is 5. The van der Waals surface area contributed by atoms with Crippen LogP contribution in [-0.2, 0) is 4.74 Å². The molecular weight excluding hydrogens is 308 g/mol. The van der Waals surface area contributed by atoms with Gasteiger partial charge in [-0.05, 0) is 45.0 Å². The molecule has 1 amide bonds. The van der Waals surface area contributed by atoms with E-state index < -0.39 is 0 Å². The topological polar surface area (TPSA) is 64.8 Å². The van der Waals surface area contributed by atoms with Gasteiger partial charge in [-0.1, -0.05) is 0 Å². The van der Waals surface area contributed by atoms with Gasteiger partial charge in [-0.25, -0.2) is 4.98 Å². The molecule has 1 aliphatic rings. The van der Waals surface area contributed by atoms with Gasteiger partial charge in [0, 0.05) is 12.2 Å². The number of carbonyl (C=O) groups excluding carboxylic acids is 1. The normalized spacial score (nSPS) is 17.8. The number of hydrogen-bond donors (Lipinski definition) is 0. The van der Waals surface area contributed by atoms with E-state index in [4.69, 9.17) is 13.9 Å². The summed E-state index contributed by atoms with van der Waals surface area (Å²) < 4.78 is 16.8. The molecule has 6 heteroatoms. The van der Waals surface area contributed by atoms with Gasteiger partial charge in [-0.3, -0.25) is 4.79 Å². The Hall–Kier alpha value is -2.34. The van der Waals surface area contributed by atoms with Crippen LogP contribution >= 0.6 is 0 Å². The summed E-state index contributed by atoms with van der Waals surface area (Å²) in [4.78, 5) is 19.2. The molecule has 1 atom stereocenters. The first-order valence-corrected chi connectivity index (χ1v) is 8.15. The molecule has 0 N–H and O–H groups in total. The lowest BCUT2D eigenvalue weighted by Gasteiger charge is -2.34. The van der Waals surface area contributed by atoms with E-state index in [0.717, 1.165) is 17.2 Å². The zero-order valence-corrected chi connectivity index (χ0v) is 14.2. The number of ether oxygens (including phenoxy) is 2. The minimum Gasteiger partial charge on any atom is -0.477 e. The number of nitrogens with zero attached hydrogens (tertiary/aromatic N) is 2. The van der Waals surface area contributed by atoms with Gasteiger partial charge < -0.3 is 18.8 Å². The van der Waals surface area contributed by atoms with E-state index >= 15 is 0 Å². The highest BCUT2D eigenvalue weighted by Gasteiger charge is 2.33. The zero-order chi connectivity index (χ0) is 17.1. The van der Waals surface area contributed by atoms with Crippen molar-refractivity contribution in [3.63, 3.8) is 0 Å². The van der Waals surface area contributed by atoms with Gasteiger partial charge in [-0.15, -0.1) is 0 Å². The second-order valence-corrected chi connectivity index (χ2v) is 5.78. The van der Waals surface area contributed by atoms with Gasteiger partial charge in [0.1, 0.15) is 23.1 Å². The Kier molecular flexibility index (Phi) is 4.85. The van der Waals surface area contributed by atoms with Crippen LogP contribution in [0.1, 0.15) is 40.5 Å². The van der Waals surface area contributed by atoms with Gasteiger partial charge in [0.15, 0.2) is 0 Å². The first kappa shape index (κ1) is 16.5. The second-order valence-electron chi connectivity index (χ2n) is 5.78. The molecule has 0 aromatic carbocycles. The molecule has 1 unspecified atom stereocenters. The molecule has 2 aromatic rings. The summed E-state index contributed by atoms with van der Waals surface area (Å²) in [5.74, 6) is 1.81. The van der Waals surface area contributed by atoms with E-state index in [9.17, 15) is 4.79 Å². The number of morpholine rings is 1. The van der Waals surface area contributed by atoms with E-state index in [-0.39, 0.29) is 11.9 Å². The first-order chi connectivity index (χ1) is 11.6. The van der Waals surface area contributed by atoms with Gasteiger partial charge in [0.2, 0.25) is 5.88 Å². The summed E-state index contributed by atoms with van der Waals surface area (Å²) in [6.45, 7) is 7.52. The maximum Gasteiger partial charge on any atom is 0.260 e. The summed E-state index contributed by atoms with van der Waals surface area (Å²) >= 11 is 0. The van der Waals surface area contributed by atoms with Crippen molar-refractivity contribution in [2.75, 3.05) is 26.4 Å². The van der Waals surface area contributed by atoms with Crippen molar-refractivity contribution in [1.82, 2.24) is 9.88 Å². The molecule has 6 nitrogen and oxygen atoms in total. The third-order valence-electron chi connectivity index (χ3n) is 3.99. The largest absolute Gasteiger partial charge is 0.477 e. The summed E-state index contributed by atoms with van der Waals surface area (Å²) in [7, 11) is 0. The Morgan fingerprint density at radius 3 is 2.88 bits per heavy atom. The lowest BCUT2D eigenvalue weighted by molar-refractivity contribution is -0.00915. The summed E-state index contributed by atoms with van der Waals surface area (Å²) in [5, 5.41) is 0. The van der Waals surface area contributed by atoms with Crippen molar-refractivity contribution < 1.29 is 18.7 Å². The summed E-state index contributed by atoms with van der Waals surface area (Å²) in [6, 6.07) is 7.14. The lowest BCUT2D eigenvalue weighted by atomic mass is 10.1. The van der Waals surface area contributed by atoms with Gasteiger partial charge in [0.25, 0.3) is 5.91 Å². The summed E-state index contributed by atoms with van der Waals surface area (Å²) in [5.41, 5.74) is 1.29. The number of rotatable bonds is 4. The monoisotopic (exact) mass is 330 g/mol. The number of pyridine rings is 1. The summed E-state index contributed by atoms with van der Waals surface area (Å²) in [6.07, 6.45) is 0. The Balaban J connectivity index is 1.92. The molecule has 0 saturated carbocycles. The van der Waals surface area contributed by atoms with Crippen LogP contribution in [0.3, 0.4) is 0 Å². The molecule has 2 aromatic heterocycles. The van der Waals surface area contributed by atoms with Crippen LogP contribution in [-0.4, -0.2) is 42.2 Å². The van der Waals surface area contributed by atoms with Crippen LogP contribution in [0.5, 0.6) is 5.88 Å². The molecule has 3 rings (SSSR count). The molecule has 0 bridgehead atoms. The van der Waals surface area contributed by atoms with Crippen molar-refractivity contribution >= 4 is 5.91 Å². The minimum atomic E-state index is -0.240. The highest BCUT2D eigenvalue weighted by molar-refractivity contribution is 5.96. The highest BCUT2D eigenvalue weighted by atomic mass is 16.5. The molecule has 0 spiro atoms. The Labute approximate surface area is 141 Å². The lowest BCUT2D eigenvalue weighted by Crippen LogP contribution is -2.43. The van der Waals surface area contributed by atoms with Gasteiger partial charge in [0.05, 0.1) is 19.8 Å². The van der Waals surface area contributed by atoms with Crippen molar-refractivity contribution in [3.05, 3.63) is 47.0 Å². The van der Waals surface area contributed by atoms with Crippen molar-refractivity contribution in [2.24, 2.45) is 0 Å². The average molecular weight is 330 g/mol. The molecule has 3 heterocycles. The minimum absolute atomic E-state index is 0.117. The molecular formula is C18H22N2O4. The second kappa shape index (κ2) is 7.05. The van der Waals surface area contributed by atoms with E-state index in [2.05, 4.69) is 4.98 Å². The molecule has 24 heavy (non-hydrogen) atoms. The first-order valence-electron chi connectivity index (χ1n) is 8.15. The van der Waals surface area contributed by atoms with Gasteiger partial charge in [-0.2, -0.15) is 0 Å². The van der Waals surface area contributed by atoms with Gasteiger partial charge >= 0.3 is 0 Å². The Bertz CT molecular complexity index is 726. The smallest absolute Gasteiger partial charge is 0.260 e. The maximum atomic E-state index is 13.1. The number of amides is 1. The molecule has 1 aliphatic heterocycles. The van der Waals surface area contributed by atoms with Crippen molar-refractivity contribution in [2.45, 2.75) is 26.8 Å². The van der Waals surface area contributed by atoms with Crippen molar-refractivity contribution in [1.29, 1.82) is 0 Å². The molecule has 128 valence electrons. The van der Waals surface area contributed by atoms with Crippen LogP contribution < -0.4 is 4.74 Å². The molecule has 1 fully saturated rings. The number of carbonyl (C=O) groups is 1. The van der Waals surface area contributed by atoms with Crippen molar-refractivity contribution in [3.8, 4) is 5.88 Å². The Morgan fingerprint density at radius 2 is 2.17 bits per heavy atom. The SMILES string of the molecule is CCOc1nc(C)ccc1C(=O)N1CCOCC1c1ccc(C)o1. The predicted molar refractivity (Wildman–Crippen MR) is 88.2 cm³/mol. The number of aryl methyl sites for hydroxylation is 2. The fraction of sp³-hybridized carbons (Fsp3) is 0.444. The maximum absolute atomic E-state index is 13.1. The van der Waals surface area contributed by atoms with Crippen LogP contribution in [0, 0.1) is 13.8 Å². The molecule has 0 radical (unpaired) electrons. The highest BCUT2D eigenvalue weighted by Crippen LogP contribution is 2.29. The molecule has 0 aliphatic carbocycles. The van der Waals surface area contributed by atoms with Crippen LogP contribution in [0.25, 0.3) is 0 Å².